The molecule has 1 fully saturated rings. The molecule has 4 nitrogen and oxygen atoms in total. The summed E-state index contributed by atoms with van der Waals surface area (Å²) < 4.78 is 18.3. The van der Waals surface area contributed by atoms with E-state index in [0.717, 1.165) is 21.0 Å². The second-order valence-electron chi connectivity index (χ2n) is 7.62. The summed E-state index contributed by atoms with van der Waals surface area (Å²) in [5, 5.41) is 0. The predicted molar refractivity (Wildman–Crippen MR) is 111 cm³/mol. The molecule has 2 aromatic rings. The Kier molecular flexibility index (Phi) is 5.21. The van der Waals surface area contributed by atoms with Crippen LogP contribution >= 0.6 is 11.3 Å². The molecule has 1 aromatic heterocycles. The van der Waals surface area contributed by atoms with Gasteiger partial charge in [0.15, 0.2) is 0 Å². The number of hydrogen-bond donors (Lipinski definition) is 0. The van der Waals surface area contributed by atoms with Crippen molar-refractivity contribution in [3.8, 4) is 0 Å². The fourth-order valence-electron chi connectivity index (χ4n) is 4.45. The molecule has 4 rings (SSSR count). The van der Waals surface area contributed by atoms with Gasteiger partial charge >= 0.3 is 5.97 Å². The topological polar surface area (TPSA) is 55.7 Å². The van der Waals surface area contributed by atoms with Gasteiger partial charge in [0, 0.05) is 33.5 Å². The maximum Gasteiger partial charge on any atom is 0.336 e. The van der Waals surface area contributed by atoms with Gasteiger partial charge in [0.1, 0.15) is 11.6 Å². The number of thiophene rings is 1. The maximum atomic E-state index is 13.3. The zero-order chi connectivity index (χ0) is 20.7. The van der Waals surface area contributed by atoms with Crippen LogP contribution in [0.4, 0.5) is 4.39 Å². The number of hydrogen-bond acceptors (Lipinski definition) is 5. The monoisotopic (exact) mass is 411 g/mol. The summed E-state index contributed by atoms with van der Waals surface area (Å²) in [6.45, 7) is 3.81. The Bertz CT molecular complexity index is 1030. The van der Waals surface area contributed by atoms with Gasteiger partial charge in [-0.05, 0) is 56.0 Å². The van der Waals surface area contributed by atoms with Crippen LogP contribution in [0.2, 0.25) is 0 Å². The molecule has 3 atom stereocenters. The molecule has 1 aromatic carbocycles. The predicted octanol–water partition coefficient (Wildman–Crippen LogP) is 4.94. The first kappa shape index (κ1) is 19.7. The van der Waals surface area contributed by atoms with E-state index in [1.807, 2.05) is 19.1 Å². The summed E-state index contributed by atoms with van der Waals surface area (Å²) in [5.74, 6) is -1.52. The first-order valence-electron chi connectivity index (χ1n) is 9.60. The summed E-state index contributed by atoms with van der Waals surface area (Å²) in [6.07, 6.45) is 0.971. The Morgan fingerprint density at radius 3 is 2.45 bits per heavy atom. The number of aryl methyl sites for hydroxylation is 1. The van der Waals surface area contributed by atoms with E-state index in [1.165, 1.54) is 19.2 Å². The van der Waals surface area contributed by atoms with E-state index in [9.17, 15) is 14.0 Å². The minimum absolute atomic E-state index is 0.0312. The van der Waals surface area contributed by atoms with Crippen LogP contribution in [0.5, 0.6) is 0 Å². The lowest BCUT2D eigenvalue weighted by molar-refractivity contribution is -0.136. The Morgan fingerprint density at radius 1 is 1.10 bits per heavy atom. The minimum atomic E-state index is -0.456. The SMILES string of the molecule is COC(=O)C1=C(C)N=C2C[C@H](c3ccc(F)cc3)CC(=O)C2[C@@H]1c1ccc(C)s1. The lowest BCUT2D eigenvalue weighted by atomic mass is 9.67. The van der Waals surface area contributed by atoms with Gasteiger partial charge in [-0.2, -0.15) is 0 Å². The first-order valence-corrected chi connectivity index (χ1v) is 10.4. The number of methoxy groups -OCH3 is 1. The van der Waals surface area contributed by atoms with Gasteiger partial charge < -0.3 is 4.74 Å². The van der Waals surface area contributed by atoms with Crippen molar-refractivity contribution in [2.24, 2.45) is 10.9 Å². The molecule has 1 aliphatic carbocycles. The number of carbonyl (C=O) groups is 2. The quantitative estimate of drug-likeness (QED) is 0.672. The van der Waals surface area contributed by atoms with E-state index in [1.54, 1.807) is 30.4 Å². The zero-order valence-electron chi connectivity index (χ0n) is 16.6. The molecule has 1 saturated carbocycles. The van der Waals surface area contributed by atoms with Crippen molar-refractivity contribution in [1.82, 2.24) is 0 Å². The van der Waals surface area contributed by atoms with E-state index < -0.39 is 11.9 Å². The van der Waals surface area contributed by atoms with Crippen LogP contribution in [0, 0.1) is 18.7 Å². The number of halogens is 1. The fourth-order valence-corrected chi connectivity index (χ4v) is 5.48. The third-order valence-corrected chi connectivity index (χ3v) is 6.85. The molecule has 6 heteroatoms. The average molecular weight is 411 g/mol. The van der Waals surface area contributed by atoms with Gasteiger partial charge in [-0.25, -0.2) is 9.18 Å². The van der Waals surface area contributed by atoms with Crippen LogP contribution in [0.25, 0.3) is 0 Å². The molecule has 0 N–H and O–H groups in total. The van der Waals surface area contributed by atoms with Crippen LogP contribution in [0.1, 0.15) is 46.9 Å². The third-order valence-electron chi connectivity index (χ3n) is 5.77. The van der Waals surface area contributed by atoms with Gasteiger partial charge in [-0.15, -0.1) is 11.3 Å². The molecule has 0 bridgehead atoms. The highest BCUT2D eigenvalue weighted by atomic mass is 32.1. The van der Waals surface area contributed by atoms with Crippen LogP contribution in [0.3, 0.4) is 0 Å². The van der Waals surface area contributed by atoms with E-state index >= 15 is 0 Å². The molecule has 2 heterocycles. The average Bonchev–Trinajstić information content (AvgIpc) is 3.12. The molecular formula is C23H22FNO3S. The van der Waals surface area contributed by atoms with Crippen molar-refractivity contribution >= 4 is 28.8 Å². The number of nitrogens with zero attached hydrogens (tertiary/aromatic N) is 1. The molecule has 0 saturated heterocycles. The highest BCUT2D eigenvalue weighted by molar-refractivity contribution is 7.12. The number of allylic oxidation sites excluding steroid dienone is 1. The van der Waals surface area contributed by atoms with Crippen molar-refractivity contribution in [3.63, 3.8) is 0 Å². The summed E-state index contributed by atoms with van der Waals surface area (Å²) in [5.41, 5.74) is 2.81. The molecule has 150 valence electrons. The lowest BCUT2D eigenvalue weighted by Gasteiger charge is -2.37. The number of fused-ring (bicyclic) bond motifs is 1. The van der Waals surface area contributed by atoms with Gasteiger partial charge in [0.25, 0.3) is 0 Å². The molecular weight excluding hydrogens is 389 g/mol. The number of ketones is 1. The van der Waals surface area contributed by atoms with Crippen molar-refractivity contribution in [2.75, 3.05) is 7.11 Å². The maximum absolute atomic E-state index is 13.3. The summed E-state index contributed by atoms with van der Waals surface area (Å²) >= 11 is 1.59. The number of carbonyl (C=O) groups excluding carboxylic acids is 2. The molecule has 0 amide bonds. The van der Waals surface area contributed by atoms with Crippen molar-refractivity contribution in [3.05, 3.63) is 68.8 Å². The van der Waals surface area contributed by atoms with Crippen LogP contribution in [-0.2, 0) is 14.3 Å². The summed E-state index contributed by atoms with van der Waals surface area (Å²) in [6, 6.07) is 10.3. The highest BCUT2D eigenvalue weighted by Crippen LogP contribution is 2.47. The number of esters is 1. The second kappa shape index (κ2) is 7.67. The normalized spacial score (nSPS) is 24.2. The van der Waals surface area contributed by atoms with Crippen LogP contribution in [-0.4, -0.2) is 24.6 Å². The Morgan fingerprint density at radius 2 is 1.83 bits per heavy atom. The largest absolute Gasteiger partial charge is 0.466 e. The molecule has 0 spiro atoms. The third kappa shape index (κ3) is 3.57. The fraction of sp³-hybridized carbons (Fsp3) is 0.348. The molecule has 2 aliphatic rings. The Hall–Kier alpha value is -2.60. The van der Waals surface area contributed by atoms with E-state index in [-0.39, 0.29) is 23.4 Å². The zero-order valence-corrected chi connectivity index (χ0v) is 17.4. The first-order chi connectivity index (χ1) is 13.9. The van der Waals surface area contributed by atoms with Crippen LogP contribution < -0.4 is 0 Å². The van der Waals surface area contributed by atoms with Crippen molar-refractivity contribution in [1.29, 1.82) is 0 Å². The smallest absolute Gasteiger partial charge is 0.336 e. The Labute approximate surface area is 173 Å². The number of aliphatic imine (C=N–C) groups is 1. The summed E-state index contributed by atoms with van der Waals surface area (Å²) in [4.78, 5) is 32.7. The molecule has 29 heavy (non-hydrogen) atoms. The molecule has 1 aliphatic heterocycles. The summed E-state index contributed by atoms with van der Waals surface area (Å²) in [7, 11) is 1.35. The van der Waals surface area contributed by atoms with Gasteiger partial charge in [-0.3, -0.25) is 9.79 Å². The van der Waals surface area contributed by atoms with Gasteiger partial charge in [-0.1, -0.05) is 12.1 Å². The number of ether oxygens (including phenoxy) is 1. The van der Waals surface area contributed by atoms with Gasteiger partial charge in [0.05, 0.1) is 18.6 Å². The van der Waals surface area contributed by atoms with E-state index in [2.05, 4.69) is 4.99 Å². The standard InChI is InChI=1S/C23H22FNO3S/c1-12-4-9-19(29-12)22-20(23(27)28-3)13(2)25-17-10-15(11-18(26)21(17)22)14-5-7-16(24)8-6-14/h4-9,15,21-22H,10-11H2,1-3H3/t15-,21?,22+/m0/s1. The molecule has 1 unspecified atom stereocenters. The van der Waals surface area contributed by atoms with Crippen molar-refractivity contribution < 1.29 is 18.7 Å². The number of rotatable bonds is 3. The second-order valence-corrected chi connectivity index (χ2v) is 8.94. The number of Topliss-reactive ketones (excluding diaryl/α,β-unsaturated/α-hetero) is 1. The lowest BCUT2D eigenvalue weighted by Crippen LogP contribution is -2.40. The molecule has 0 radical (unpaired) electrons. The van der Waals surface area contributed by atoms with Crippen molar-refractivity contribution in [2.45, 2.75) is 38.5 Å². The van der Waals surface area contributed by atoms with E-state index in [0.29, 0.717) is 24.1 Å². The van der Waals surface area contributed by atoms with E-state index in [4.69, 9.17) is 4.74 Å². The van der Waals surface area contributed by atoms with Crippen LogP contribution in [0.15, 0.2) is 52.7 Å². The highest BCUT2D eigenvalue weighted by Gasteiger charge is 2.46. The Balaban J connectivity index is 1.77. The minimum Gasteiger partial charge on any atom is -0.466 e. The number of benzene rings is 1. The van der Waals surface area contributed by atoms with Gasteiger partial charge in [0.2, 0.25) is 0 Å².